The van der Waals surface area contributed by atoms with E-state index in [1.54, 1.807) is 18.9 Å². The predicted molar refractivity (Wildman–Crippen MR) is 136 cm³/mol. The van der Waals surface area contributed by atoms with E-state index < -0.39 is 0 Å². The molecule has 0 bridgehead atoms. The molecule has 0 saturated carbocycles. The third kappa shape index (κ3) is 6.13. The minimum absolute atomic E-state index is 0. The second kappa shape index (κ2) is 12.3. The fourth-order valence-corrected chi connectivity index (χ4v) is 5.02. The molecular weight excluding hydrogens is 450 g/mol. The first kappa shape index (κ1) is 25.5. The largest absolute Gasteiger partial charge is 0.494 e. The highest BCUT2D eigenvalue weighted by Crippen LogP contribution is 2.34. The van der Waals surface area contributed by atoms with Crippen LogP contribution < -0.4 is 9.64 Å². The third-order valence-electron chi connectivity index (χ3n) is 4.99. The van der Waals surface area contributed by atoms with Crippen molar-refractivity contribution in [3.63, 3.8) is 0 Å². The van der Waals surface area contributed by atoms with Crippen LogP contribution in [0.4, 0.5) is 5.13 Å². The Bertz CT molecular complexity index is 992. The standard InChI is InChI=1S/C23H29N3O2S2.ClH/c1-5-25(6-2)14-15-26(22(27)17-10-8-11-18(16-17)29-7-3)23-24-21-19(28-4)12-9-13-20(21)30-23;/h8-13,16H,5-7,14-15H2,1-4H3;1H. The zero-order valence-corrected chi connectivity index (χ0v) is 20.9. The van der Waals surface area contributed by atoms with Crippen LogP contribution in [-0.2, 0) is 0 Å². The highest BCUT2D eigenvalue weighted by molar-refractivity contribution is 7.99. The summed E-state index contributed by atoms with van der Waals surface area (Å²) in [5.74, 6) is 1.69. The van der Waals surface area contributed by atoms with Crippen LogP contribution in [0.25, 0.3) is 10.2 Å². The Kier molecular flexibility index (Phi) is 10.1. The molecule has 0 saturated heterocycles. The van der Waals surface area contributed by atoms with E-state index in [0.717, 1.165) is 46.2 Å². The lowest BCUT2D eigenvalue weighted by molar-refractivity contribution is 0.0983. The molecule has 1 heterocycles. The normalized spacial score (nSPS) is 10.9. The quantitative estimate of drug-likeness (QED) is 0.342. The Morgan fingerprint density at radius 3 is 2.52 bits per heavy atom. The minimum Gasteiger partial charge on any atom is -0.494 e. The van der Waals surface area contributed by atoms with Crippen LogP contribution in [-0.4, -0.2) is 54.8 Å². The van der Waals surface area contributed by atoms with E-state index in [4.69, 9.17) is 9.72 Å². The SMILES string of the molecule is CCSc1cccc(C(=O)N(CCN(CC)CC)c2nc3c(OC)cccc3s2)c1.Cl. The van der Waals surface area contributed by atoms with Gasteiger partial charge in [0.1, 0.15) is 11.3 Å². The van der Waals surface area contributed by atoms with E-state index in [1.165, 1.54) is 11.3 Å². The first-order valence-corrected chi connectivity index (χ1v) is 12.1. The number of halogens is 1. The second-order valence-electron chi connectivity index (χ2n) is 6.75. The maximum absolute atomic E-state index is 13.6. The maximum Gasteiger partial charge on any atom is 0.260 e. The number of anilines is 1. The monoisotopic (exact) mass is 479 g/mol. The summed E-state index contributed by atoms with van der Waals surface area (Å²) < 4.78 is 6.49. The summed E-state index contributed by atoms with van der Waals surface area (Å²) in [4.78, 5) is 23.6. The smallest absolute Gasteiger partial charge is 0.260 e. The second-order valence-corrected chi connectivity index (χ2v) is 9.09. The van der Waals surface area contributed by atoms with Crippen molar-refractivity contribution in [3.05, 3.63) is 48.0 Å². The molecule has 0 aliphatic carbocycles. The summed E-state index contributed by atoms with van der Waals surface area (Å²) in [6.07, 6.45) is 0. The Labute approximate surface area is 199 Å². The van der Waals surface area contributed by atoms with Gasteiger partial charge in [-0.25, -0.2) is 4.98 Å². The highest BCUT2D eigenvalue weighted by Gasteiger charge is 2.23. The van der Waals surface area contributed by atoms with E-state index in [-0.39, 0.29) is 18.3 Å². The molecule has 0 fully saturated rings. The van der Waals surface area contributed by atoms with Crippen molar-refractivity contribution in [2.24, 2.45) is 0 Å². The summed E-state index contributed by atoms with van der Waals surface area (Å²) in [6.45, 7) is 9.70. The molecule has 0 radical (unpaired) electrons. The number of ether oxygens (including phenoxy) is 1. The molecule has 1 aromatic heterocycles. The number of para-hydroxylation sites is 1. The summed E-state index contributed by atoms with van der Waals surface area (Å²) in [7, 11) is 1.65. The molecular formula is C23H30ClN3O2S2. The molecule has 1 amide bonds. The zero-order chi connectivity index (χ0) is 21.5. The molecule has 8 heteroatoms. The third-order valence-corrected chi connectivity index (χ3v) is 6.91. The van der Waals surface area contributed by atoms with Gasteiger partial charge in [-0.05, 0) is 49.2 Å². The summed E-state index contributed by atoms with van der Waals surface area (Å²) >= 11 is 3.27. The van der Waals surface area contributed by atoms with Gasteiger partial charge in [-0.15, -0.1) is 24.2 Å². The molecule has 0 aliphatic heterocycles. The fraction of sp³-hybridized carbons (Fsp3) is 0.391. The number of thiazole rings is 1. The molecule has 0 N–H and O–H groups in total. The number of aromatic nitrogens is 1. The van der Waals surface area contributed by atoms with Gasteiger partial charge < -0.3 is 9.64 Å². The van der Waals surface area contributed by atoms with E-state index in [9.17, 15) is 4.79 Å². The van der Waals surface area contributed by atoms with Crippen LogP contribution in [0.3, 0.4) is 0 Å². The van der Waals surface area contributed by atoms with Crippen molar-refractivity contribution < 1.29 is 9.53 Å². The molecule has 168 valence electrons. The van der Waals surface area contributed by atoms with Gasteiger partial charge in [0.2, 0.25) is 0 Å². The van der Waals surface area contributed by atoms with Crippen molar-refractivity contribution in [2.45, 2.75) is 25.7 Å². The van der Waals surface area contributed by atoms with Gasteiger partial charge >= 0.3 is 0 Å². The van der Waals surface area contributed by atoms with Crippen molar-refractivity contribution >= 4 is 56.8 Å². The number of likely N-dealkylation sites (N-methyl/N-ethyl adjacent to an activating group) is 1. The Morgan fingerprint density at radius 2 is 1.84 bits per heavy atom. The maximum atomic E-state index is 13.6. The van der Waals surface area contributed by atoms with Gasteiger partial charge in [0.25, 0.3) is 5.91 Å². The van der Waals surface area contributed by atoms with E-state index in [1.807, 2.05) is 47.4 Å². The van der Waals surface area contributed by atoms with Gasteiger partial charge in [0, 0.05) is 23.5 Å². The van der Waals surface area contributed by atoms with E-state index in [2.05, 4.69) is 25.7 Å². The number of amides is 1. The van der Waals surface area contributed by atoms with Gasteiger partial charge in [0.05, 0.1) is 11.8 Å². The van der Waals surface area contributed by atoms with Crippen molar-refractivity contribution in [1.29, 1.82) is 0 Å². The molecule has 0 atom stereocenters. The topological polar surface area (TPSA) is 45.7 Å². The fourth-order valence-electron chi connectivity index (χ4n) is 3.30. The number of rotatable bonds is 10. The Morgan fingerprint density at radius 1 is 1.10 bits per heavy atom. The van der Waals surface area contributed by atoms with Crippen molar-refractivity contribution in [3.8, 4) is 5.75 Å². The number of methoxy groups -OCH3 is 1. The number of hydrogen-bond acceptors (Lipinski definition) is 6. The zero-order valence-electron chi connectivity index (χ0n) is 18.5. The molecule has 5 nitrogen and oxygen atoms in total. The summed E-state index contributed by atoms with van der Waals surface area (Å²) in [6, 6.07) is 13.7. The van der Waals surface area contributed by atoms with E-state index in [0.29, 0.717) is 17.2 Å². The number of benzene rings is 2. The summed E-state index contributed by atoms with van der Waals surface area (Å²) in [5, 5.41) is 0.709. The predicted octanol–water partition coefficient (Wildman–Crippen LogP) is 5.83. The van der Waals surface area contributed by atoms with Crippen LogP contribution in [0.1, 0.15) is 31.1 Å². The van der Waals surface area contributed by atoms with Crippen LogP contribution in [0.5, 0.6) is 5.75 Å². The average Bonchev–Trinajstić information content (AvgIpc) is 3.21. The first-order valence-electron chi connectivity index (χ1n) is 10.3. The number of fused-ring (bicyclic) bond motifs is 1. The first-order chi connectivity index (χ1) is 14.6. The van der Waals surface area contributed by atoms with Gasteiger partial charge in [0.15, 0.2) is 5.13 Å². The Balaban J connectivity index is 0.00000341. The molecule has 31 heavy (non-hydrogen) atoms. The lowest BCUT2D eigenvalue weighted by atomic mass is 10.2. The van der Waals surface area contributed by atoms with Gasteiger partial charge in [-0.2, -0.15) is 0 Å². The molecule has 3 rings (SSSR count). The van der Waals surface area contributed by atoms with Gasteiger partial charge in [-0.1, -0.05) is 44.2 Å². The average molecular weight is 480 g/mol. The summed E-state index contributed by atoms with van der Waals surface area (Å²) in [5.41, 5.74) is 1.50. The lowest BCUT2D eigenvalue weighted by Crippen LogP contribution is -2.38. The van der Waals surface area contributed by atoms with Crippen LogP contribution >= 0.6 is 35.5 Å². The van der Waals surface area contributed by atoms with Crippen molar-refractivity contribution in [2.75, 3.05) is 43.9 Å². The molecule has 0 unspecified atom stereocenters. The molecule has 3 aromatic rings. The van der Waals surface area contributed by atoms with Crippen molar-refractivity contribution in [1.82, 2.24) is 9.88 Å². The van der Waals surface area contributed by atoms with Crippen LogP contribution in [0, 0.1) is 0 Å². The van der Waals surface area contributed by atoms with Crippen LogP contribution in [0.15, 0.2) is 47.4 Å². The number of carbonyl (C=O) groups is 1. The molecule has 0 aliphatic rings. The number of hydrogen-bond donors (Lipinski definition) is 0. The number of nitrogens with zero attached hydrogens (tertiary/aromatic N) is 3. The lowest BCUT2D eigenvalue weighted by Gasteiger charge is -2.25. The highest BCUT2D eigenvalue weighted by atomic mass is 35.5. The molecule has 0 spiro atoms. The number of thioether (sulfide) groups is 1. The Hall–Kier alpha value is -1.80. The van der Waals surface area contributed by atoms with E-state index >= 15 is 0 Å². The molecule has 2 aromatic carbocycles. The number of carbonyl (C=O) groups excluding carboxylic acids is 1. The minimum atomic E-state index is -0.0151. The van der Waals surface area contributed by atoms with Gasteiger partial charge in [-0.3, -0.25) is 9.69 Å². The van der Waals surface area contributed by atoms with Crippen LogP contribution in [0.2, 0.25) is 0 Å².